The normalized spacial score (nSPS) is 15.0. The van der Waals surface area contributed by atoms with Crippen molar-refractivity contribution in [2.24, 2.45) is 0 Å². The number of amides is 4. The number of carbonyl (C=O) groups is 3. The fourth-order valence-corrected chi connectivity index (χ4v) is 2.27. The molecular formula is C16H9F3N2O4. The number of urea groups is 1. The second-order valence-corrected chi connectivity index (χ2v) is 5.04. The number of hydrogen-bond acceptors (Lipinski definition) is 4. The number of imide groups is 2. The third-order valence-corrected chi connectivity index (χ3v) is 3.35. The first-order valence-electron chi connectivity index (χ1n) is 6.90. The third-order valence-electron chi connectivity index (χ3n) is 3.35. The van der Waals surface area contributed by atoms with Crippen molar-refractivity contribution in [1.29, 1.82) is 0 Å². The molecule has 25 heavy (non-hydrogen) atoms. The van der Waals surface area contributed by atoms with E-state index in [1.807, 2.05) is 10.6 Å². The van der Waals surface area contributed by atoms with Gasteiger partial charge in [0.1, 0.15) is 17.1 Å². The van der Waals surface area contributed by atoms with Crippen LogP contribution < -0.4 is 10.6 Å². The van der Waals surface area contributed by atoms with E-state index in [4.69, 9.17) is 4.42 Å². The third kappa shape index (κ3) is 3.30. The highest BCUT2D eigenvalue weighted by atomic mass is 19.4. The molecule has 3 rings (SSSR count). The highest BCUT2D eigenvalue weighted by Crippen LogP contribution is 2.37. The van der Waals surface area contributed by atoms with E-state index in [0.717, 1.165) is 12.1 Å². The first kappa shape index (κ1) is 16.5. The van der Waals surface area contributed by atoms with Crippen molar-refractivity contribution in [2.45, 2.75) is 6.18 Å². The fourth-order valence-electron chi connectivity index (χ4n) is 2.27. The van der Waals surface area contributed by atoms with Gasteiger partial charge in [0.05, 0.1) is 5.56 Å². The number of nitrogens with one attached hydrogen (secondary N) is 2. The summed E-state index contributed by atoms with van der Waals surface area (Å²) in [7, 11) is 0. The Bertz CT molecular complexity index is 890. The van der Waals surface area contributed by atoms with E-state index >= 15 is 0 Å². The summed E-state index contributed by atoms with van der Waals surface area (Å²) in [5, 5.41) is 3.76. The Morgan fingerprint density at radius 3 is 2.20 bits per heavy atom. The largest absolute Gasteiger partial charge is 0.457 e. The van der Waals surface area contributed by atoms with Crippen LogP contribution in [0.4, 0.5) is 18.0 Å². The summed E-state index contributed by atoms with van der Waals surface area (Å²) < 4.78 is 44.5. The predicted molar refractivity (Wildman–Crippen MR) is 78.8 cm³/mol. The van der Waals surface area contributed by atoms with E-state index in [2.05, 4.69) is 0 Å². The molecule has 0 spiro atoms. The van der Waals surface area contributed by atoms with Crippen LogP contribution in [0.25, 0.3) is 17.4 Å². The number of halogens is 3. The van der Waals surface area contributed by atoms with Crippen molar-refractivity contribution < 1.29 is 32.0 Å². The molecule has 0 aliphatic carbocycles. The van der Waals surface area contributed by atoms with E-state index in [0.29, 0.717) is 0 Å². The molecule has 9 heteroatoms. The number of furan rings is 1. The number of hydrogen-bond donors (Lipinski definition) is 2. The number of alkyl halides is 3. The Labute approximate surface area is 138 Å². The van der Waals surface area contributed by atoms with Crippen LogP contribution in [0.3, 0.4) is 0 Å². The molecule has 2 aromatic rings. The second kappa shape index (κ2) is 5.93. The first-order valence-corrected chi connectivity index (χ1v) is 6.90. The SMILES string of the molecule is O=C1NC(=O)C(=Cc2ccc(-c3ccccc3C(F)(F)F)o2)C(=O)N1. The number of barbiturate groups is 1. The number of carbonyl (C=O) groups excluding carboxylic acids is 3. The van der Waals surface area contributed by atoms with E-state index in [9.17, 15) is 27.6 Å². The van der Waals surface area contributed by atoms with Gasteiger partial charge >= 0.3 is 12.2 Å². The summed E-state index contributed by atoms with van der Waals surface area (Å²) in [6.07, 6.45) is -3.53. The summed E-state index contributed by atoms with van der Waals surface area (Å²) in [6.45, 7) is 0. The first-order chi connectivity index (χ1) is 11.8. The summed E-state index contributed by atoms with van der Waals surface area (Å²) in [5.41, 5.74) is -1.45. The maximum atomic E-state index is 13.1. The van der Waals surface area contributed by atoms with E-state index in [1.165, 1.54) is 30.3 Å². The minimum Gasteiger partial charge on any atom is -0.457 e. The zero-order valence-electron chi connectivity index (χ0n) is 12.3. The van der Waals surface area contributed by atoms with Gasteiger partial charge in [0.2, 0.25) is 0 Å². The van der Waals surface area contributed by atoms with Crippen molar-refractivity contribution in [3.8, 4) is 11.3 Å². The smallest absolute Gasteiger partial charge is 0.417 e. The van der Waals surface area contributed by atoms with E-state index in [1.54, 1.807) is 0 Å². The van der Waals surface area contributed by atoms with Gasteiger partial charge in [-0.1, -0.05) is 18.2 Å². The summed E-state index contributed by atoms with van der Waals surface area (Å²) >= 11 is 0. The molecule has 0 atom stereocenters. The molecule has 6 nitrogen and oxygen atoms in total. The molecule has 1 aliphatic heterocycles. The van der Waals surface area contributed by atoms with Crippen LogP contribution in [-0.2, 0) is 15.8 Å². The minimum atomic E-state index is -4.56. The molecule has 0 saturated carbocycles. The van der Waals surface area contributed by atoms with Crippen molar-refractivity contribution >= 4 is 23.9 Å². The lowest BCUT2D eigenvalue weighted by atomic mass is 10.1. The molecule has 1 fully saturated rings. The Kier molecular flexibility index (Phi) is 3.91. The molecule has 1 aromatic heterocycles. The lowest BCUT2D eigenvalue weighted by Gasteiger charge is -2.13. The Morgan fingerprint density at radius 1 is 0.920 bits per heavy atom. The monoisotopic (exact) mass is 350 g/mol. The summed E-state index contributed by atoms with van der Waals surface area (Å²) in [5.74, 6) is -1.95. The Hall–Kier alpha value is -3.36. The lowest BCUT2D eigenvalue weighted by molar-refractivity contribution is -0.137. The van der Waals surface area contributed by atoms with Gasteiger partial charge in [0.15, 0.2) is 0 Å². The maximum absolute atomic E-state index is 13.1. The molecule has 4 amide bonds. The minimum absolute atomic E-state index is 0.0124. The topological polar surface area (TPSA) is 88.4 Å². The van der Waals surface area contributed by atoms with Gasteiger partial charge in [0, 0.05) is 5.56 Å². The standard InChI is InChI=1S/C16H9F3N2O4/c17-16(18,19)11-4-2-1-3-9(11)12-6-5-8(25-12)7-10-13(22)20-15(24)21-14(10)23/h1-7H,(H2,20,21,22,23,24). The van der Waals surface area contributed by atoms with E-state index in [-0.39, 0.29) is 17.1 Å². The van der Waals surface area contributed by atoms with Crippen molar-refractivity contribution in [1.82, 2.24) is 10.6 Å². The van der Waals surface area contributed by atoms with Crippen LogP contribution in [0.1, 0.15) is 11.3 Å². The quantitative estimate of drug-likeness (QED) is 0.644. The predicted octanol–water partition coefficient (Wildman–Crippen LogP) is 2.71. The summed E-state index contributed by atoms with van der Waals surface area (Å²) in [4.78, 5) is 34.2. The fraction of sp³-hybridized carbons (Fsp3) is 0.0625. The van der Waals surface area contributed by atoms with Crippen LogP contribution in [0.5, 0.6) is 0 Å². The van der Waals surface area contributed by atoms with Crippen LogP contribution in [0.2, 0.25) is 0 Å². The van der Waals surface area contributed by atoms with Gasteiger partial charge in [-0.15, -0.1) is 0 Å². The highest BCUT2D eigenvalue weighted by Gasteiger charge is 2.34. The van der Waals surface area contributed by atoms with Crippen molar-refractivity contribution in [2.75, 3.05) is 0 Å². The van der Waals surface area contributed by atoms with Gasteiger partial charge in [-0.3, -0.25) is 20.2 Å². The van der Waals surface area contributed by atoms with Gasteiger partial charge in [-0.05, 0) is 24.3 Å². The maximum Gasteiger partial charge on any atom is 0.417 e. The molecule has 2 heterocycles. The van der Waals surface area contributed by atoms with Gasteiger partial charge in [-0.2, -0.15) is 13.2 Å². The molecule has 2 N–H and O–H groups in total. The Morgan fingerprint density at radius 2 is 1.56 bits per heavy atom. The number of rotatable bonds is 2. The average molecular weight is 350 g/mol. The molecule has 1 aliphatic rings. The average Bonchev–Trinajstić information content (AvgIpc) is 2.98. The zero-order chi connectivity index (χ0) is 18.2. The number of benzene rings is 1. The molecule has 0 bridgehead atoms. The van der Waals surface area contributed by atoms with Gasteiger partial charge < -0.3 is 4.42 Å². The molecule has 128 valence electrons. The second-order valence-electron chi connectivity index (χ2n) is 5.04. The van der Waals surface area contributed by atoms with Gasteiger partial charge in [0.25, 0.3) is 11.8 Å². The Balaban J connectivity index is 1.97. The molecule has 0 unspecified atom stereocenters. The van der Waals surface area contributed by atoms with Crippen molar-refractivity contribution in [3.63, 3.8) is 0 Å². The van der Waals surface area contributed by atoms with Crippen molar-refractivity contribution in [3.05, 3.63) is 53.3 Å². The highest BCUT2D eigenvalue weighted by molar-refractivity contribution is 6.31. The molecular weight excluding hydrogens is 341 g/mol. The lowest BCUT2D eigenvalue weighted by Crippen LogP contribution is -2.51. The molecule has 0 radical (unpaired) electrons. The molecule has 1 saturated heterocycles. The van der Waals surface area contributed by atoms with Crippen LogP contribution >= 0.6 is 0 Å². The zero-order valence-corrected chi connectivity index (χ0v) is 12.3. The van der Waals surface area contributed by atoms with Crippen LogP contribution in [-0.4, -0.2) is 17.8 Å². The van der Waals surface area contributed by atoms with Gasteiger partial charge in [-0.25, -0.2) is 4.79 Å². The van der Waals surface area contributed by atoms with E-state index < -0.39 is 35.2 Å². The summed E-state index contributed by atoms with van der Waals surface area (Å²) in [6, 6.07) is 6.50. The van der Waals surface area contributed by atoms with Crippen LogP contribution in [0.15, 0.2) is 46.4 Å². The molecule has 1 aromatic carbocycles. The van der Waals surface area contributed by atoms with Crippen LogP contribution in [0, 0.1) is 0 Å².